The standard InChI is InChI=1S/C42H67N3O3/c1-27(2)30-17-22-42(44-37(48)43-25-10-26-45(8)9)24-23-40(6)32(35(30)42)15-16-34-39(5)20-18-31(28-11-13-29(14-12-28)36(46)47)38(3,4)33(39)19-21-41(34,40)7/h11-14,27,30-35H,10,15-26H2,1-9H3,(H,46,47)(H2,43,44,48)/t30?,31-,32+,33-,34+,35+,39-,40+,41+,42-/m0/s1. The number of carbonyl (C=O) groups excluding carboxylic acids is 1. The number of amides is 2. The van der Waals surface area contributed by atoms with Gasteiger partial charge in [-0.15, -0.1) is 0 Å². The highest BCUT2D eigenvalue weighted by Gasteiger charge is 2.71. The van der Waals surface area contributed by atoms with Crippen molar-refractivity contribution in [3.63, 3.8) is 0 Å². The summed E-state index contributed by atoms with van der Waals surface area (Å²) in [6.07, 6.45) is 13.3. The molecule has 5 fully saturated rings. The van der Waals surface area contributed by atoms with Gasteiger partial charge in [0.2, 0.25) is 0 Å². The van der Waals surface area contributed by atoms with Gasteiger partial charge in [0.25, 0.3) is 0 Å². The van der Waals surface area contributed by atoms with Crippen LogP contribution in [0.5, 0.6) is 0 Å². The van der Waals surface area contributed by atoms with Crippen molar-refractivity contribution < 1.29 is 14.7 Å². The van der Waals surface area contributed by atoms with Crippen molar-refractivity contribution in [2.45, 2.75) is 131 Å². The Morgan fingerprint density at radius 1 is 0.854 bits per heavy atom. The molecule has 0 bridgehead atoms. The summed E-state index contributed by atoms with van der Waals surface area (Å²) in [7, 11) is 4.18. The van der Waals surface area contributed by atoms with E-state index in [2.05, 4.69) is 90.2 Å². The van der Waals surface area contributed by atoms with Crippen LogP contribution in [0.1, 0.15) is 141 Å². The van der Waals surface area contributed by atoms with Crippen LogP contribution in [-0.2, 0) is 0 Å². The fourth-order valence-corrected chi connectivity index (χ4v) is 13.9. The molecule has 0 aromatic heterocycles. The molecule has 268 valence electrons. The van der Waals surface area contributed by atoms with E-state index in [-0.39, 0.29) is 27.8 Å². The van der Waals surface area contributed by atoms with E-state index >= 15 is 0 Å². The van der Waals surface area contributed by atoms with Gasteiger partial charge >= 0.3 is 12.0 Å². The monoisotopic (exact) mass is 662 g/mol. The van der Waals surface area contributed by atoms with Gasteiger partial charge in [-0.1, -0.05) is 60.6 Å². The highest BCUT2D eigenvalue weighted by atomic mass is 16.4. The van der Waals surface area contributed by atoms with Gasteiger partial charge in [-0.05, 0) is 172 Å². The zero-order chi connectivity index (χ0) is 34.9. The first kappa shape index (κ1) is 35.7. The number of carboxylic acids is 1. The van der Waals surface area contributed by atoms with Crippen LogP contribution in [0.25, 0.3) is 0 Å². The van der Waals surface area contributed by atoms with Crippen LogP contribution in [0.15, 0.2) is 24.3 Å². The maximum absolute atomic E-state index is 13.5. The predicted molar refractivity (Wildman–Crippen MR) is 195 cm³/mol. The summed E-state index contributed by atoms with van der Waals surface area (Å²) in [5, 5.41) is 16.4. The molecule has 5 saturated carbocycles. The number of carbonyl (C=O) groups is 2. The summed E-state index contributed by atoms with van der Waals surface area (Å²) in [5.74, 6) is 3.45. The molecular formula is C42H67N3O3. The van der Waals surface area contributed by atoms with Gasteiger partial charge in [0.05, 0.1) is 5.56 Å². The first-order valence-electron chi connectivity index (χ1n) is 19.5. The molecular weight excluding hydrogens is 594 g/mol. The minimum absolute atomic E-state index is 0.0521. The molecule has 48 heavy (non-hydrogen) atoms. The third kappa shape index (κ3) is 5.53. The Labute approximate surface area is 292 Å². The SMILES string of the molecule is CC(C)C1CC[C@]2(NC(=O)NCCCN(C)C)CC[C@]3(C)[C@H](CC[C@@H]4[C@@]5(C)CC[C@@H](c6ccc(C(=O)O)cc6)C(C)(C)[C@@H]5CC[C@]43C)[C@@H]12. The van der Waals surface area contributed by atoms with E-state index in [1.165, 1.54) is 56.9 Å². The Morgan fingerprint density at radius 2 is 1.56 bits per heavy atom. The lowest BCUT2D eigenvalue weighted by Crippen LogP contribution is -2.69. The number of hydrogen-bond acceptors (Lipinski definition) is 3. The zero-order valence-electron chi connectivity index (χ0n) is 31.8. The van der Waals surface area contributed by atoms with Gasteiger partial charge in [-0.3, -0.25) is 0 Å². The molecule has 1 unspecified atom stereocenters. The number of rotatable bonds is 8. The van der Waals surface area contributed by atoms with Crippen molar-refractivity contribution in [2.24, 2.45) is 57.2 Å². The Kier molecular flexibility index (Phi) is 9.38. The van der Waals surface area contributed by atoms with E-state index in [0.717, 1.165) is 32.4 Å². The lowest BCUT2D eigenvalue weighted by molar-refractivity contribution is -0.234. The molecule has 6 rings (SSSR count). The van der Waals surface area contributed by atoms with E-state index in [1.54, 1.807) is 0 Å². The number of aromatic carboxylic acids is 1. The van der Waals surface area contributed by atoms with Crippen LogP contribution in [0, 0.1) is 57.2 Å². The Hall–Kier alpha value is -2.08. The first-order chi connectivity index (χ1) is 22.5. The Balaban J connectivity index is 1.25. The first-order valence-corrected chi connectivity index (χ1v) is 19.5. The van der Waals surface area contributed by atoms with Gasteiger partial charge in [0.15, 0.2) is 0 Å². The lowest BCUT2D eigenvalue weighted by atomic mass is 9.32. The summed E-state index contributed by atoms with van der Waals surface area (Å²) >= 11 is 0. The summed E-state index contributed by atoms with van der Waals surface area (Å²) < 4.78 is 0. The smallest absolute Gasteiger partial charge is 0.335 e. The normalized spacial score (nSPS) is 41.6. The number of nitrogens with zero attached hydrogens (tertiary/aromatic N) is 1. The molecule has 10 atom stereocenters. The lowest BCUT2D eigenvalue weighted by Gasteiger charge is -2.73. The third-order valence-corrected chi connectivity index (χ3v) is 16.4. The summed E-state index contributed by atoms with van der Waals surface area (Å²) in [6, 6.07) is 7.86. The van der Waals surface area contributed by atoms with Crippen LogP contribution in [0.4, 0.5) is 4.79 Å². The highest BCUT2D eigenvalue weighted by molar-refractivity contribution is 5.87. The van der Waals surface area contributed by atoms with Crippen LogP contribution in [0.3, 0.4) is 0 Å². The van der Waals surface area contributed by atoms with Gasteiger partial charge in [0.1, 0.15) is 0 Å². The average molecular weight is 662 g/mol. The number of carboxylic acid groups (broad SMARTS) is 1. The topological polar surface area (TPSA) is 81.7 Å². The third-order valence-electron chi connectivity index (χ3n) is 16.4. The molecule has 3 N–H and O–H groups in total. The molecule has 5 aliphatic carbocycles. The van der Waals surface area contributed by atoms with Gasteiger partial charge in [-0.25, -0.2) is 9.59 Å². The number of urea groups is 1. The van der Waals surface area contributed by atoms with Crippen LogP contribution < -0.4 is 10.6 Å². The van der Waals surface area contributed by atoms with E-state index in [1.807, 2.05) is 12.1 Å². The summed E-state index contributed by atoms with van der Waals surface area (Å²) in [4.78, 5) is 27.2. The van der Waals surface area contributed by atoms with Crippen molar-refractivity contribution in [1.82, 2.24) is 15.5 Å². The number of fused-ring (bicyclic) bond motifs is 7. The second-order valence-corrected chi connectivity index (χ2v) is 19.2. The van der Waals surface area contributed by atoms with Crippen molar-refractivity contribution in [1.29, 1.82) is 0 Å². The van der Waals surface area contributed by atoms with E-state index in [9.17, 15) is 14.7 Å². The molecule has 2 amide bonds. The summed E-state index contributed by atoms with van der Waals surface area (Å²) in [5.41, 5.74) is 2.63. The van der Waals surface area contributed by atoms with Crippen molar-refractivity contribution in [3.05, 3.63) is 35.4 Å². The van der Waals surface area contributed by atoms with E-state index in [4.69, 9.17) is 0 Å². The molecule has 0 saturated heterocycles. The molecule has 6 nitrogen and oxygen atoms in total. The minimum atomic E-state index is -0.848. The van der Waals surface area contributed by atoms with Crippen molar-refractivity contribution in [2.75, 3.05) is 27.2 Å². The molecule has 1 aromatic carbocycles. The van der Waals surface area contributed by atoms with Crippen LogP contribution in [0.2, 0.25) is 0 Å². The van der Waals surface area contributed by atoms with Crippen molar-refractivity contribution in [3.8, 4) is 0 Å². The quantitative estimate of drug-likeness (QED) is 0.243. The highest BCUT2D eigenvalue weighted by Crippen LogP contribution is 2.77. The molecule has 0 radical (unpaired) electrons. The van der Waals surface area contributed by atoms with Crippen LogP contribution >= 0.6 is 0 Å². The molecule has 5 aliphatic rings. The van der Waals surface area contributed by atoms with E-state index < -0.39 is 5.97 Å². The van der Waals surface area contributed by atoms with Gasteiger partial charge in [0, 0.05) is 12.1 Å². The predicted octanol–water partition coefficient (Wildman–Crippen LogP) is 9.21. The van der Waals surface area contributed by atoms with Gasteiger partial charge in [-0.2, -0.15) is 0 Å². The fraction of sp³-hybridized carbons (Fsp3) is 0.810. The number of hydrogen-bond donors (Lipinski definition) is 3. The molecule has 1 aromatic rings. The van der Waals surface area contributed by atoms with Crippen molar-refractivity contribution >= 4 is 12.0 Å². The molecule has 6 heteroatoms. The maximum Gasteiger partial charge on any atom is 0.335 e. The molecule has 0 aliphatic heterocycles. The number of nitrogens with one attached hydrogen (secondary N) is 2. The van der Waals surface area contributed by atoms with Crippen LogP contribution in [-0.4, -0.2) is 54.7 Å². The average Bonchev–Trinajstić information content (AvgIpc) is 3.39. The second-order valence-electron chi connectivity index (χ2n) is 19.2. The molecule has 0 spiro atoms. The second kappa shape index (κ2) is 12.6. The zero-order valence-corrected chi connectivity index (χ0v) is 31.8. The fourth-order valence-electron chi connectivity index (χ4n) is 13.9. The Bertz CT molecular complexity index is 1360. The minimum Gasteiger partial charge on any atom is -0.478 e. The summed E-state index contributed by atoms with van der Waals surface area (Å²) in [6.45, 7) is 19.7. The largest absolute Gasteiger partial charge is 0.478 e. The molecule has 0 heterocycles. The number of benzene rings is 1. The maximum atomic E-state index is 13.5. The van der Waals surface area contributed by atoms with E-state index in [0.29, 0.717) is 52.4 Å². The van der Waals surface area contributed by atoms with Gasteiger partial charge < -0.3 is 20.6 Å². The Morgan fingerprint density at radius 3 is 2.21 bits per heavy atom.